The summed E-state index contributed by atoms with van der Waals surface area (Å²) >= 11 is 0. The molecule has 1 fully saturated rings. The highest BCUT2D eigenvalue weighted by Crippen LogP contribution is 2.38. The second-order valence-corrected chi connectivity index (χ2v) is 7.76. The van der Waals surface area contributed by atoms with E-state index in [1.165, 1.54) is 17.0 Å². The van der Waals surface area contributed by atoms with Gasteiger partial charge in [0.25, 0.3) is 5.91 Å². The predicted molar refractivity (Wildman–Crippen MR) is 110 cm³/mol. The summed E-state index contributed by atoms with van der Waals surface area (Å²) in [5.74, 6) is -0.313. The Balaban J connectivity index is 1.48. The number of amides is 1. The zero-order valence-corrected chi connectivity index (χ0v) is 16.6. The number of halogens is 1. The van der Waals surface area contributed by atoms with E-state index in [1.54, 1.807) is 25.0 Å². The van der Waals surface area contributed by atoms with E-state index in [9.17, 15) is 9.18 Å². The van der Waals surface area contributed by atoms with Crippen molar-refractivity contribution < 1.29 is 9.18 Å². The number of nitrogens with two attached hydrogens (primary N) is 1. The number of hydrogen-bond acceptors (Lipinski definition) is 6. The van der Waals surface area contributed by atoms with Crippen LogP contribution in [0, 0.1) is 5.82 Å². The molecule has 30 heavy (non-hydrogen) atoms. The number of fused-ring (bicyclic) bond motifs is 3. The van der Waals surface area contributed by atoms with Crippen molar-refractivity contribution >= 4 is 33.5 Å². The molecule has 5 rings (SSSR count). The van der Waals surface area contributed by atoms with Crippen molar-refractivity contribution in [1.29, 1.82) is 0 Å². The van der Waals surface area contributed by atoms with Crippen LogP contribution in [0.3, 0.4) is 0 Å². The second-order valence-electron chi connectivity index (χ2n) is 7.76. The van der Waals surface area contributed by atoms with Crippen LogP contribution >= 0.6 is 0 Å². The van der Waals surface area contributed by atoms with E-state index in [4.69, 9.17) is 5.73 Å². The van der Waals surface area contributed by atoms with Gasteiger partial charge in [0, 0.05) is 36.9 Å². The Labute approximate surface area is 171 Å². The highest BCUT2D eigenvalue weighted by atomic mass is 19.1. The Hall–Kier alpha value is -3.62. The van der Waals surface area contributed by atoms with Crippen LogP contribution in [0.15, 0.2) is 30.5 Å². The molecular formula is C21H20FN7O. The molecule has 3 aromatic heterocycles. The SMILES string of the molecule is CN(Cc1ccc(C2CC2)nn1)C(=O)c1cc2c(cc1F)nc(N)c1c2cnn1C. The van der Waals surface area contributed by atoms with E-state index >= 15 is 0 Å². The lowest BCUT2D eigenvalue weighted by atomic mass is 10.1. The first-order valence-corrected chi connectivity index (χ1v) is 9.71. The number of hydrogen-bond donors (Lipinski definition) is 1. The van der Waals surface area contributed by atoms with E-state index in [0.29, 0.717) is 28.0 Å². The number of carbonyl (C=O) groups is 1. The molecule has 0 aliphatic heterocycles. The third-order valence-corrected chi connectivity index (χ3v) is 5.51. The summed E-state index contributed by atoms with van der Waals surface area (Å²) in [7, 11) is 3.37. The average Bonchev–Trinajstić information content (AvgIpc) is 3.50. The Kier molecular flexibility index (Phi) is 4.12. The summed E-state index contributed by atoms with van der Waals surface area (Å²) in [6.45, 7) is 0.233. The molecule has 3 heterocycles. The van der Waals surface area contributed by atoms with Gasteiger partial charge in [-0.3, -0.25) is 9.48 Å². The van der Waals surface area contributed by atoms with E-state index in [0.717, 1.165) is 23.9 Å². The lowest BCUT2D eigenvalue weighted by molar-refractivity contribution is 0.0778. The van der Waals surface area contributed by atoms with Crippen LogP contribution in [-0.4, -0.2) is 42.8 Å². The van der Waals surface area contributed by atoms with Crippen molar-refractivity contribution in [3.8, 4) is 0 Å². The van der Waals surface area contributed by atoms with E-state index < -0.39 is 11.7 Å². The maximum Gasteiger partial charge on any atom is 0.256 e. The van der Waals surface area contributed by atoms with Gasteiger partial charge in [-0.2, -0.15) is 15.3 Å². The molecule has 1 aliphatic carbocycles. The molecule has 8 nitrogen and oxygen atoms in total. The van der Waals surface area contributed by atoms with E-state index in [1.807, 2.05) is 12.1 Å². The predicted octanol–water partition coefficient (Wildman–Crippen LogP) is 2.78. The number of nitrogen functional groups attached to an aromatic ring is 1. The molecule has 0 radical (unpaired) electrons. The summed E-state index contributed by atoms with van der Waals surface area (Å²) in [5, 5.41) is 14.0. The molecule has 1 amide bonds. The number of rotatable bonds is 4. The monoisotopic (exact) mass is 405 g/mol. The van der Waals surface area contributed by atoms with Gasteiger partial charge in [-0.25, -0.2) is 9.37 Å². The largest absolute Gasteiger partial charge is 0.382 e. The van der Waals surface area contributed by atoms with Crippen LogP contribution in [0.25, 0.3) is 21.8 Å². The smallest absolute Gasteiger partial charge is 0.256 e. The Morgan fingerprint density at radius 2 is 2.07 bits per heavy atom. The molecule has 4 aromatic rings. The highest BCUT2D eigenvalue weighted by Gasteiger charge is 2.25. The minimum atomic E-state index is -0.648. The van der Waals surface area contributed by atoms with Crippen LogP contribution in [0.4, 0.5) is 10.2 Å². The Bertz CT molecular complexity index is 1290. The van der Waals surface area contributed by atoms with Gasteiger partial charge in [-0.15, -0.1) is 0 Å². The maximum atomic E-state index is 14.8. The van der Waals surface area contributed by atoms with Crippen molar-refractivity contribution in [3.63, 3.8) is 0 Å². The summed E-state index contributed by atoms with van der Waals surface area (Å²) in [6.07, 6.45) is 3.94. The molecular weight excluding hydrogens is 385 g/mol. The number of aryl methyl sites for hydroxylation is 1. The summed E-state index contributed by atoms with van der Waals surface area (Å²) < 4.78 is 16.4. The number of aromatic nitrogens is 5. The van der Waals surface area contributed by atoms with E-state index in [2.05, 4.69) is 20.3 Å². The molecule has 0 bridgehead atoms. The van der Waals surface area contributed by atoms with Gasteiger partial charge in [-0.05, 0) is 31.0 Å². The van der Waals surface area contributed by atoms with Crippen LogP contribution in [0.5, 0.6) is 0 Å². The van der Waals surface area contributed by atoms with Crippen molar-refractivity contribution in [2.75, 3.05) is 12.8 Å². The Morgan fingerprint density at radius 1 is 1.27 bits per heavy atom. The first-order chi connectivity index (χ1) is 14.4. The standard InChI is InChI=1S/C21H20FN7O/c1-28(10-12-5-6-17(27-26-12)11-3-4-11)21(30)14-7-13-15-9-24-29(2)19(15)20(23)25-18(13)8-16(14)22/h5-9,11H,3-4,10H2,1-2H3,(H2,23,25). The summed E-state index contributed by atoms with van der Waals surface area (Å²) in [5.41, 5.74) is 8.63. The third kappa shape index (κ3) is 3.02. The van der Waals surface area contributed by atoms with E-state index in [-0.39, 0.29) is 17.9 Å². The minimum absolute atomic E-state index is 0.0377. The van der Waals surface area contributed by atoms with Gasteiger partial charge in [0.2, 0.25) is 0 Å². The summed E-state index contributed by atoms with van der Waals surface area (Å²) in [6, 6.07) is 6.57. The number of anilines is 1. The molecule has 1 saturated carbocycles. The molecule has 1 aromatic carbocycles. The van der Waals surface area contributed by atoms with Crippen LogP contribution in [-0.2, 0) is 13.6 Å². The molecule has 2 N–H and O–H groups in total. The van der Waals surface area contributed by atoms with Crippen molar-refractivity contribution in [2.24, 2.45) is 7.05 Å². The summed E-state index contributed by atoms with van der Waals surface area (Å²) in [4.78, 5) is 18.7. The molecule has 152 valence electrons. The molecule has 9 heteroatoms. The fraction of sp³-hybridized carbons (Fsp3) is 0.286. The first-order valence-electron chi connectivity index (χ1n) is 9.71. The molecule has 0 spiro atoms. The lowest BCUT2D eigenvalue weighted by Crippen LogP contribution is -2.27. The molecule has 0 unspecified atom stereocenters. The Morgan fingerprint density at radius 3 is 2.77 bits per heavy atom. The van der Waals surface area contributed by atoms with Crippen molar-refractivity contribution in [2.45, 2.75) is 25.3 Å². The molecule has 1 aliphatic rings. The maximum absolute atomic E-state index is 14.8. The third-order valence-electron chi connectivity index (χ3n) is 5.51. The second kappa shape index (κ2) is 6.72. The number of nitrogens with zero attached hydrogens (tertiary/aromatic N) is 6. The van der Waals surface area contributed by atoms with Gasteiger partial charge >= 0.3 is 0 Å². The van der Waals surface area contributed by atoms with Crippen LogP contribution < -0.4 is 5.73 Å². The number of pyridine rings is 1. The average molecular weight is 405 g/mol. The van der Waals surface area contributed by atoms with Gasteiger partial charge in [0.05, 0.1) is 35.2 Å². The van der Waals surface area contributed by atoms with Crippen molar-refractivity contribution in [1.82, 2.24) is 29.9 Å². The van der Waals surface area contributed by atoms with Crippen LogP contribution in [0.2, 0.25) is 0 Å². The normalized spacial score (nSPS) is 13.8. The minimum Gasteiger partial charge on any atom is -0.382 e. The quantitative estimate of drug-likeness (QED) is 0.560. The molecule has 0 saturated heterocycles. The van der Waals surface area contributed by atoms with Gasteiger partial charge in [0.1, 0.15) is 17.2 Å². The fourth-order valence-corrected chi connectivity index (χ4v) is 3.73. The topological polar surface area (TPSA) is 103 Å². The lowest BCUT2D eigenvalue weighted by Gasteiger charge is -2.17. The first kappa shape index (κ1) is 18.4. The highest BCUT2D eigenvalue weighted by molar-refractivity contribution is 6.10. The van der Waals surface area contributed by atoms with Crippen molar-refractivity contribution in [3.05, 3.63) is 53.2 Å². The number of carbonyl (C=O) groups excluding carboxylic acids is 1. The van der Waals surface area contributed by atoms with Gasteiger partial charge in [0.15, 0.2) is 0 Å². The zero-order chi connectivity index (χ0) is 21.0. The zero-order valence-electron chi connectivity index (χ0n) is 16.6. The number of benzene rings is 1. The van der Waals surface area contributed by atoms with Gasteiger partial charge in [-0.1, -0.05) is 0 Å². The van der Waals surface area contributed by atoms with Crippen LogP contribution in [0.1, 0.15) is 40.5 Å². The molecule has 0 atom stereocenters. The van der Waals surface area contributed by atoms with Gasteiger partial charge < -0.3 is 10.6 Å². The fourth-order valence-electron chi connectivity index (χ4n) is 3.73.